The third-order valence-electron chi connectivity index (χ3n) is 2.49. The van der Waals surface area contributed by atoms with E-state index in [-0.39, 0.29) is 0 Å². The predicted molar refractivity (Wildman–Crippen MR) is 73.0 cm³/mol. The molecule has 2 heteroatoms. The monoisotopic (exact) mass is 228 g/mol. The molecule has 17 heavy (non-hydrogen) atoms. The Hall–Kier alpha value is -1.70. The van der Waals surface area contributed by atoms with Crippen LogP contribution in [0.1, 0.15) is 30.8 Å². The Morgan fingerprint density at radius 1 is 0.882 bits per heavy atom. The normalized spacial score (nSPS) is 9.47. The third-order valence-corrected chi connectivity index (χ3v) is 2.49. The Bertz CT molecular complexity index is 490. The second-order valence-corrected chi connectivity index (χ2v) is 3.76. The maximum atomic E-state index is 4.49. The first-order valence-corrected chi connectivity index (χ1v) is 6.05. The number of hydrogen-bond donors (Lipinski definition) is 0. The van der Waals surface area contributed by atoms with Crippen LogP contribution in [0, 0.1) is 20.8 Å². The van der Waals surface area contributed by atoms with Crippen LogP contribution in [-0.4, -0.2) is 9.97 Å². The first-order chi connectivity index (χ1) is 8.18. The predicted octanol–water partition coefficient (Wildman–Crippen LogP) is 4.10. The largest absolute Gasteiger partial charge is 0.241 e. The maximum absolute atomic E-state index is 4.49. The number of nitrogens with zero attached hydrogens (tertiary/aromatic N) is 2. The Balaban J connectivity index is 0.000000686. The van der Waals surface area contributed by atoms with Gasteiger partial charge in [-0.05, 0) is 31.9 Å². The van der Waals surface area contributed by atoms with Gasteiger partial charge in [-0.2, -0.15) is 0 Å². The Morgan fingerprint density at radius 2 is 1.53 bits per heavy atom. The molecule has 0 aliphatic carbocycles. The van der Waals surface area contributed by atoms with Crippen LogP contribution in [-0.2, 0) is 0 Å². The summed E-state index contributed by atoms with van der Waals surface area (Å²) in [5.41, 5.74) is 4.61. The van der Waals surface area contributed by atoms with Crippen LogP contribution in [0.25, 0.3) is 11.3 Å². The molecule has 0 atom stereocenters. The van der Waals surface area contributed by atoms with Crippen LogP contribution in [0.3, 0.4) is 0 Å². The lowest BCUT2D eigenvalue weighted by Gasteiger charge is -2.08. The van der Waals surface area contributed by atoms with Crippen molar-refractivity contribution < 1.29 is 0 Å². The van der Waals surface area contributed by atoms with Gasteiger partial charge in [-0.15, -0.1) is 0 Å². The topological polar surface area (TPSA) is 25.8 Å². The van der Waals surface area contributed by atoms with Crippen LogP contribution >= 0.6 is 0 Å². The Morgan fingerprint density at radius 3 is 2.18 bits per heavy atom. The fourth-order valence-electron chi connectivity index (χ4n) is 1.64. The molecule has 1 aromatic heterocycles. The van der Waals surface area contributed by atoms with E-state index in [0.717, 1.165) is 17.1 Å². The van der Waals surface area contributed by atoms with E-state index in [4.69, 9.17) is 0 Å². The van der Waals surface area contributed by atoms with Crippen molar-refractivity contribution >= 4 is 0 Å². The van der Waals surface area contributed by atoms with Crippen LogP contribution < -0.4 is 0 Å². The minimum Gasteiger partial charge on any atom is -0.241 e. The fourth-order valence-corrected chi connectivity index (χ4v) is 1.64. The van der Waals surface area contributed by atoms with Crippen molar-refractivity contribution in [2.75, 3.05) is 0 Å². The van der Waals surface area contributed by atoms with E-state index in [2.05, 4.69) is 29.0 Å². The first-order valence-electron chi connectivity index (χ1n) is 6.05. The number of rotatable bonds is 1. The van der Waals surface area contributed by atoms with Gasteiger partial charge in [0.25, 0.3) is 0 Å². The van der Waals surface area contributed by atoms with Crippen molar-refractivity contribution in [3.8, 4) is 11.3 Å². The summed E-state index contributed by atoms with van der Waals surface area (Å²) in [5, 5.41) is 0. The van der Waals surface area contributed by atoms with Gasteiger partial charge in [0.1, 0.15) is 5.82 Å². The van der Waals surface area contributed by atoms with Gasteiger partial charge in [0.2, 0.25) is 0 Å². The lowest BCUT2D eigenvalue weighted by Crippen LogP contribution is -1.95. The summed E-state index contributed by atoms with van der Waals surface area (Å²) in [6, 6.07) is 8.29. The first kappa shape index (κ1) is 13.4. The average molecular weight is 228 g/mol. The van der Waals surface area contributed by atoms with Crippen molar-refractivity contribution in [2.45, 2.75) is 34.6 Å². The van der Waals surface area contributed by atoms with Gasteiger partial charge in [0, 0.05) is 11.8 Å². The summed E-state index contributed by atoms with van der Waals surface area (Å²) in [6.45, 7) is 10.1. The highest BCUT2D eigenvalue weighted by atomic mass is 14.9. The average Bonchev–Trinajstić information content (AvgIpc) is 2.36. The third kappa shape index (κ3) is 3.13. The zero-order valence-electron chi connectivity index (χ0n) is 11.3. The number of benzene rings is 1. The number of aromatic nitrogens is 2. The maximum Gasteiger partial charge on any atom is 0.125 e. The molecule has 0 bridgehead atoms. The van der Waals surface area contributed by atoms with E-state index < -0.39 is 0 Å². The van der Waals surface area contributed by atoms with Gasteiger partial charge in [-0.25, -0.2) is 9.97 Å². The lowest BCUT2D eigenvalue weighted by molar-refractivity contribution is 1.04. The van der Waals surface area contributed by atoms with E-state index in [9.17, 15) is 0 Å². The van der Waals surface area contributed by atoms with Gasteiger partial charge >= 0.3 is 0 Å². The van der Waals surface area contributed by atoms with Gasteiger partial charge in [0.15, 0.2) is 0 Å². The molecule has 90 valence electrons. The molecule has 1 aromatic carbocycles. The Kier molecular flexibility index (Phi) is 4.83. The molecule has 0 unspecified atom stereocenters. The standard InChI is InChI=1S/C13H14N2.C2H6/c1-9-6-4-5-7-12(9)13-10(2)8-14-11(3)15-13;1-2/h4-8H,1-3H3;1-2H3. The summed E-state index contributed by atoms with van der Waals surface area (Å²) in [7, 11) is 0. The highest BCUT2D eigenvalue weighted by Crippen LogP contribution is 2.23. The quantitative estimate of drug-likeness (QED) is 0.734. The Labute approximate surface area is 104 Å². The zero-order chi connectivity index (χ0) is 12.8. The van der Waals surface area contributed by atoms with Crippen molar-refractivity contribution in [1.29, 1.82) is 0 Å². The van der Waals surface area contributed by atoms with Gasteiger partial charge in [-0.3, -0.25) is 0 Å². The minimum atomic E-state index is 0.818. The number of hydrogen-bond acceptors (Lipinski definition) is 2. The molecule has 0 N–H and O–H groups in total. The smallest absolute Gasteiger partial charge is 0.125 e. The van der Waals surface area contributed by atoms with E-state index >= 15 is 0 Å². The summed E-state index contributed by atoms with van der Waals surface area (Å²) in [5.74, 6) is 0.818. The van der Waals surface area contributed by atoms with Crippen LogP contribution in [0.5, 0.6) is 0 Å². The molecule has 0 spiro atoms. The summed E-state index contributed by atoms with van der Waals surface area (Å²) < 4.78 is 0. The summed E-state index contributed by atoms with van der Waals surface area (Å²) >= 11 is 0. The van der Waals surface area contributed by atoms with Gasteiger partial charge in [-0.1, -0.05) is 38.1 Å². The molecule has 0 fully saturated rings. The molecule has 0 aliphatic rings. The van der Waals surface area contributed by atoms with Crippen LogP contribution in [0.15, 0.2) is 30.5 Å². The number of aryl methyl sites for hydroxylation is 3. The highest BCUT2D eigenvalue weighted by molar-refractivity contribution is 5.65. The molecular formula is C15H20N2. The highest BCUT2D eigenvalue weighted by Gasteiger charge is 2.06. The zero-order valence-corrected chi connectivity index (χ0v) is 11.3. The van der Waals surface area contributed by atoms with E-state index in [1.54, 1.807) is 0 Å². The van der Waals surface area contributed by atoms with Crippen LogP contribution in [0.4, 0.5) is 0 Å². The second kappa shape index (κ2) is 6.14. The minimum absolute atomic E-state index is 0.818. The molecule has 0 saturated heterocycles. The molecule has 1 heterocycles. The SMILES string of the molecule is CC.Cc1ncc(C)c(-c2ccccc2C)n1. The van der Waals surface area contributed by atoms with Crippen molar-refractivity contribution in [2.24, 2.45) is 0 Å². The van der Waals surface area contributed by atoms with Crippen molar-refractivity contribution in [1.82, 2.24) is 9.97 Å². The van der Waals surface area contributed by atoms with Crippen LogP contribution in [0.2, 0.25) is 0 Å². The molecule has 2 rings (SSSR count). The van der Waals surface area contributed by atoms with Crippen molar-refractivity contribution in [3.63, 3.8) is 0 Å². The van der Waals surface area contributed by atoms with Crippen molar-refractivity contribution in [3.05, 3.63) is 47.4 Å². The van der Waals surface area contributed by atoms with E-state index in [1.807, 2.05) is 46.0 Å². The molecule has 2 nitrogen and oxygen atoms in total. The lowest BCUT2D eigenvalue weighted by atomic mass is 10.0. The molecular weight excluding hydrogens is 208 g/mol. The van der Waals surface area contributed by atoms with E-state index in [0.29, 0.717) is 0 Å². The van der Waals surface area contributed by atoms with E-state index in [1.165, 1.54) is 11.1 Å². The summed E-state index contributed by atoms with van der Waals surface area (Å²) in [6.07, 6.45) is 1.88. The molecule has 0 radical (unpaired) electrons. The fraction of sp³-hybridized carbons (Fsp3) is 0.333. The summed E-state index contributed by atoms with van der Waals surface area (Å²) in [4.78, 5) is 8.68. The molecule has 0 aliphatic heterocycles. The molecule has 0 saturated carbocycles. The molecule has 0 amide bonds. The molecule has 2 aromatic rings. The second-order valence-electron chi connectivity index (χ2n) is 3.76. The van der Waals surface area contributed by atoms with Gasteiger partial charge in [0.05, 0.1) is 5.69 Å². The van der Waals surface area contributed by atoms with Gasteiger partial charge < -0.3 is 0 Å².